The summed E-state index contributed by atoms with van der Waals surface area (Å²) in [4.78, 5) is 0. The molecule has 2 nitrogen and oxygen atoms in total. The second kappa shape index (κ2) is 14.1. The monoisotopic (exact) mass is 631 g/mol. The Morgan fingerprint density at radius 3 is 2.14 bits per heavy atom. The van der Waals surface area contributed by atoms with Gasteiger partial charge in [0.05, 0.1) is 19.8 Å². The van der Waals surface area contributed by atoms with E-state index in [-0.39, 0.29) is 11.1 Å². The quantitative estimate of drug-likeness (QED) is 0.217. The molecule has 2 fully saturated rings. The SMILES string of the molecule is C=C1/C(=C\C=C\[C@@H]2CC[C@H]([C@H](C)CCCC(C)(C)O)[C@@]2(C)CCC)C[C@@H]([Si](C)(C)C(C)(C)C)C[C@@H]1O[Si](C)(C)C(C)(C)C. The van der Waals surface area contributed by atoms with Crippen LogP contribution in [0.25, 0.3) is 0 Å². The zero-order valence-electron chi connectivity index (χ0n) is 31.5. The van der Waals surface area contributed by atoms with Crippen LogP contribution in [0, 0.1) is 23.2 Å². The van der Waals surface area contributed by atoms with Crippen molar-refractivity contribution in [3.8, 4) is 0 Å². The summed E-state index contributed by atoms with van der Waals surface area (Å²) in [5.41, 5.74) is 3.17. The molecule has 2 aliphatic carbocycles. The van der Waals surface area contributed by atoms with E-state index in [0.717, 1.165) is 31.6 Å². The van der Waals surface area contributed by atoms with Gasteiger partial charge in [-0.05, 0) is 115 Å². The van der Waals surface area contributed by atoms with Crippen molar-refractivity contribution < 1.29 is 9.53 Å². The molecule has 0 saturated heterocycles. The summed E-state index contributed by atoms with van der Waals surface area (Å²) < 4.78 is 7.14. The third-order valence-corrected chi connectivity index (χ3v) is 23.8. The average Bonchev–Trinajstić information content (AvgIpc) is 3.14. The molecule has 0 aliphatic heterocycles. The fourth-order valence-electron chi connectivity index (χ4n) is 7.89. The molecule has 0 aromatic carbocycles. The van der Waals surface area contributed by atoms with Crippen molar-refractivity contribution in [2.45, 2.75) is 187 Å². The van der Waals surface area contributed by atoms with Crippen LogP contribution in [0.1, 0.15) is 134 Å². The lowest BCUT2D eigenvalue weighted by molar-refractivity contribution is 0.0619. The zero-order chi connectivity index (χ0) is 33.2. The Morgan fingerprint density at radius 2 is 1.63 bits per heavy atom. The van der Waals surface area contributed by atoms with Gasteiger partial charge in [0.25, 0.3) is 0 Å². The lowest BCUT2D eigenvalue weighted by Gasteiger charge is -2.49. The topological polar surface area (TPSA) is 29.5 Å². The molecule has 0 radical (unpaired) electrons. The third-order valence-electron chi connectivity index (χ3n) is 13.0. The minimum atomic E-state index is -1.92. The molecule has 250 valence electrons. The average molecular weight is 631 g/mol. The van der Waals surface area contributed by atoms with Crippen molar-refractivity contribution in [1.29, 1.82) is 0 Å². The summed E-state index contributed by atoms with van der Waals surface area (Å²) in [6.07, 6.45) is 18.2. The fraction of sp³-hybridized carbons (Fsp3) is 0.846. The van der Waals surface area contributed by atoms with E-state index < -0.39 is 22.0 Å². The maximum atomic E-state index is 10.2. The molecular formula is C39H74O2Si2. The highest BCUT2D eigenvalue weighted by molar-refractivity contribution is 6.81. The van der Waals surface area contributed by atoms with E-state index in [1.54, 1.807) is 0 Å². The largest absolute Gasteiger partial charge is 0.410 e. The highest BCUT2D eigenvalue weighted by atomic mass is 28.4. The van der Waals surface area contributed by atoms with E-state index in [1.807, 2.05) is 13.8 Å². The van der Waals surface area contributed by atoms with Gasteiger partial charge >= 0.3 is 0 Å². The zero-order valence-corrected chi connectivity index (χ0v) is 33.5. The summed E-state index contributed by atoms with van der Waals surface area (Å²) in [5, 5.41) is 10.8. The first kappa shape index (κ1) is 38.8. The molecule has 2 rings (SSSR count). The van der Waals surface area contributed by atoms with E-state index in [9.17, 15) is 5.11 Å². The second-order valence-corrected chi connectivity index (χ2v) is 29.3. The van der Waals surface area contributed by atoms with Crippen LogP contribution in [-0.4, -0.2) is 33.2 Å². The maximum Gasteiger partial charge on any atom is 0.192 e. The van der Waals surface area contributed by atoms with Crippen molar-refractivity contribution in [1.82, 2.24) is 0 Å². The van der Waals surface area contributed by atoms with Gasteiger partial charge < -0.3 is 9.53 Å². The molecule has 0 aromatic heterocycles. The molecule has 4 heteroatoms. The molecule has 1 N–H and O–H groups in total. The van der Waals surface area contributed by atoms with E-state index >= 15 is 0 Å². The van der Waals surface area contributed by atoms with E-state index in [2.05, 4.69) is 107 Å². The normalized spacial score (nSPS) is 30.0. The third kappa shape index (κ3) is 9.55. The van der Waals surface area contributed by atoms with E-state index in [0.29, 0.717) is 27.8 Å². The van der Waals surface area contributed by atoms with Crippen LogP contribution in [-0.2, 0) is 4.43 Å². The van der Waals surface area contributed by atoms with E-state index in [4.69, 9.17) is 11.0 Å². The predicted molar refractivity (Wildman–Crippen MR) is 197 cm³/mol. The maximum absolute atomic E-state index is 10.2. The molecule has 2 aliphatic rings. The first-order valence-electron chi connectivity index (χ1n) is 17.8. The van der Waals surface area contributed by atoms with Gasteiger partial charge in [0.2, 0.25) is 0 Å². The summed E-state index contributed by atoms with van der Waals surface area (Å²) in [7, 11) is -3.49. The molecule has 0 aromatic rings. The van der Waals surface area contributed by atoms with Gasteiger partial charge in [0.1, 0.15) is 0 Å². The summed E-state index contributed by atoms with van der Waals surface area (Å²) >= 11 is 0. The molecule has 0 unspecified atom stereocenters. The van der Waals surface area contributed by atoms with Crippen LogP contribution in [0.3, 0.4) is 0 Å². The van der Waals surface area contributed by atoms with Gasteiger partial charge in [0.15, 0.2) is 8.32 Å². The Morgan fingerprint density at radius 1 is 1.02 bits per heavy atom. The Bertz CT molecular complexity index is 984. The molecule has 0 bridgehead atoms. The molecule has 0 spiro atoms. The van der Waals surface area contributed by atoms with Gasteiger partial charge in [-0.1, -0.05) is 119 Å². The number of rotatable bonds is 12. The number of allylic oxidation sites excluding steroid dienone is 3. The van der Waals surface area contributed by atoms with Crippen LogP contribution < -0.4 is 0 Å². The lowest BCUT2D eigenvalue weighted by Crippen LogP contribution is -2.49. The van der Waals surface area contributed by atoms with Gasteiger partial charge in [-0.15, -0.1) is 0 Å². The molecule has 43 heavy (non-hydrogen) atoms. The van der Waals surface area contributed by atoms with Gasteiger partial charge in [-0.25, -0.2) is 0 Å². The van der Waals surface area contributed by atoms with Gasteiger partial charge in [-0.3, -0.25) is 0 Å². The van der Waals surface area contributed by atoms with E-state index in [1.165, 1.54) is 43.3 Å². The summed E-state index contributed by atoms with van der Waals surface area (Å²) in [6.45, 7) is 40.5. The van der Waals surface area contributed by atoms with Gasteiger partial charge in [-0.2, -0.15) is 0 Å². The van der Waals surface area contributed by atoms with Gasteiger partial charge in [0, 0.05) is 0 Å². The van der Waals surface area contributed by atoms with Crippen molar-refractivity contribution >= 4 is 16.4 Å². The molecule has 2 saturated carbocycles. The van der Waals surface area contributed by atoms with Crippen molar-refractivity contribution in [3.05, 3.63) is 36.0 Å². The van der Waals surface area contributed by atoms with Crippen LogP contribution in [0.15, 0.2) is 36.0 Å². The Kier molecular flexibility index (Phi) is 12.7. The van der Waals surface area contributed by atoms with Crippen molar-refractivity contribution in [2.75, 3.05) is 0 Å². The summed E-state index contributed by atoms with van der Waals surface area (Å²) in [5.74, 6) is 2.08. The van der Waals surface area contributed by atoms with Crippen LogP contribution in [0.4, 0.5) is 0 Å². The Labute approximate surface area is 271 Å². The second-order valence-electron chi connectivity index (χ2n) is 18.8. The smallest absolute Gasteiger partial charge is 0.192 e. The van der Waals surface area contributed by atoms with Crippen LogP contribution in [0.5, 0.6) is 0 Å². The van der Waals surface area contributed by atoms with Crippen LogP contribution >= 0.6 is 0 Å². The van der Waals surface area contributed by atoms with Crippen LogP contribution in [0.2, 0.25) is 41.8 Å². The fourth-order valence-corrected chi connectivity index (χ4v) is 12.0. The highest BCUT2D eigenvalue weighted by Gasteiger charge is 2.48. The number of aliphatic hydroxyl groups is 1. The minimum absolute atomic E-state index is 0.138. The molecule has 6 atom stereocenters. The molecular weight excluding hydrogens is 557 g/mol. The van der Waals surface area contributed by atoms with Crippen molar-refractivity contribution in [3.63, 3.8) is 0 Å². The standard InChI is InChI=1S/C39H74O2Si2/c1-17-25-39(12)32(23-24-34(39)29(2)20-19-26-38(10,11)40)22-18-21-31-27-33(42(13,14)36(4,5)6)28-35(30(31)3)41-43(15,16)37(7,8)9/h18,21-22,29,32-35,40H,3,17,19-20,23-28H2,1-2,4-16H3/b22-18+,31-21-/t29-,32-,33-,34-,35+,39+/m1/s1. The summed E-state index contributed by atoms with van der Waals surface area (Å²) in [6, 6.07) is 0. The minimum Gasteiger partial charge on any atom is -0.410 e. The molecule has 0 heterocycles. The Balaban J connectivity index is 2.34. The number of hydrogen-bond donors (Lipinski definition) is 1. The highest BCUT2D eigenvalue weighted by Crippen LogP contribution is 2.56. The molecule has 0 amide bonds. The number of hydrogen-bond acceptors (Lipinski definition) is 2. The predicted octanol–water partition coefficient (Wildman–Crippen LogP) is 12.5. The van der Waals surface area contributed by atoms with Crippen molar-refractivity contribution in [2.24, 2.45) is 23.2 Å². The first-order valence-corrected chi connectivity index (χ1v) is 23.8. The lowest BCUT2D eigenvalue weighted by atomic mass is 9.66. The first-order chi connectivity index (χ1) is 19.4. The Hall–Kier alpha value is -0.426.